The Morgan fingerprint density at radius 2 is 1.09 bits per heavy atom. The van der Waals surface area contributed by atoms with Gasteiger partial charge in [-0.3, -0.25) is 4.79 Å². The maximum absolute atomic E-state index is 13.4. The van der Waals surface area contributed by atoms with Crippen molar-refractivity contribution in [2.45, 2.75) is 18.3 Å². The normalized spacial score (nSPS) is 11.2. The molecule has 0 atom stereocenters. The summed E-state index contributed by atoms with van der Waals surface area (Å²) in [6, 6.07) is 38.8. The van der Waals surface area contributed by atoms with Crippen molar-refractivity contribution in [1.82, 2.24) is 0 Å². The van der Waals surface area contributed by atoms with Gasteiger partial charge < -0.3 is 11.1 Å². The van der Waals surface area contributed by atoms with Gasteiger partial charge in [0.05, 0.1) is 5.41 Å². The monoisotopic (exact) mass is 420 g/mol. The van der Waals surface area contributed by atoms with Gasteiger partial charge in [0.1, 0.15) is 0 Å². The molecule has 0 aliphatic rings. The van der Waals surface area contributed by atoms with E-state index in [0.29, 0.717) is 6.54 Å². The molecule has 0 spiro atoms. The largest absolute Gasteiger partial charge is 0.330 e. The second kappa shape index (κ2) is 10.1. The minimum Gasteiger partial charge on any atom is -0.330 e. The van der Waals surface area contributed by atoms with Crippen LogP contribution >= 0.6 is 0 Å². The van der Waals surface area contributed by atoms with Crippen LogP contribution in [0.15, 0.2) is 115 Å². The molecule has 0 bridgehead atoms. The number of nitrogens with two attached hydrogens (primary N) is 1. The van der Waals surface area contributed by atoms with E-state index in [9.17, 15) is 4.79 Å². The SMILES string of the molecule is NCCc1ccc(NC(=O)CC(c2ccccc2)(c2ccccc2)c2ccccc2)cc1. The number of rotatable bonds is 8. The third-order valence-corrected chi connectivity index (χ3v) is 5.90. The van der Waals surface area contributed by atoms with Gasteiger partial charge >= 0.3 is 0 Å². The number of amides is 1. The van der Waals surface area contributed by atoms with Crippen molar-refractivity contribution in [3.63, 3.8) is 0 Å². The average Bonchev–Trinajstić information content (AvgIpc) is 2.85. The first kappa shape index (κ1) is 21.5. The number of carbonyl (C=O) groups excluding carboxylic acids is 1. The molecule has 3 N–H and O–H groups in total. The molecule has 1 amide bonds. The van der Waals surface area contributed by atoms with Crippen molar-refractivity contribution in [2.75, 3.05) is 11.9 Å². The summed E-state index contributed by atoms with van der Waals surface area (Å²) in [5.41, 5.74) is 10.3. The highest BCUT2D eigenvalue weighted by Gasteiger charge is 2.38. The third kappa shape index (κ3) is 4.63. The Morgan fingerprint density at radius 1 is 0.656 bits per heavy atom. The molecule has 0 radical (unpaired) electrons. The van der Waals surface area contributed by atoms with Crippen LogP contribution in [0.25, 0.3) is 0 Å². The second-order valence-corrected chi connectivity index (χ2v) is 7.96. The van der Waals surface area contributed by atoms with Crippen LogP contribution in [-0.4, -0.2) is 12.5 Å². The average molecular weight is 421 g/mol. The van der Waals surface area contributed by atoms with Crippen LogP contribution in [0.3, 0.4) is 0 Å². The van der Waals surface area contributed by atoms with E-state index in [1.165, 1.54) is 0 Å². The second-order valence-electron chi connectivity index (χ2n) is 7.96. The lowest BCUT2D eigenvalue weighted by Crippen LogP contribution is -2.34. The van der Waals surface area contributed by atoms with Crippen LogP contribution in [0.2, 0.25) is 0 Å². The van der Waals surface area contributed by atoms with Gasteiger partial charge in [-0.25, -0.2) is 0 Å². The van der Waals surface area contributed by atoms with E-state index in [1.54, 1.807) is 0 Å². The number of carbonyl (C=O) groups is 1. The summed E-state index contributed by atoms with van der Waals surface area (Å²) in [5, 5.41) is 3.11. The van der Waals surface area contributed by atoms with Gasteiger partial charge in [0.15, 0.2) is 0 Å². The Bertz CT molecular complexity index is 1030. The fraction of sp³-hybridized carbons (Fsp3) is 0.138. The molecular weight excluding hydrogens is 392 g/mol. The van der Waals surface area contributed by atoms with Crippen molar-refractivity contribution in [2.24, 2.45) is 5.73 Å². The number of benzene rings is 4. The minimum absolute atomic E-state index is 0.0341. The van der Waals surface area contributed by atoms with E-state index < -0.39 is 5.41 Å². The molecule has 0 saturated carbocycles. The predicted octanol–water partition coefficient (Wildman–Crippen LogP) is 5.55. The fourth-order valence-electron chi connectivity index (χ4n) is 4.34. The molecule has 4 rings (SSSR count). The topological polar surface area (TPSA) is 55.1 Å². The molecule has 0 heterocycles. The molecule has 32 heavy (non-hydrogen) atoms. The Kier molecular flexibility index (Phi) is 6.78. The van der Waals surface area contributed by atoms with Crippen LogP contribution < -0.4 is 11.1 Å². The van der Waals surface area contributed by atoms with E-state index in [-0.39, 0.29) is 12.3 Å². The molecule has 3 nitrogen and oxygen atoms in total. The summed E-state index contributed by atoms with van der Waals surface area (Å²) in [5.74, 6) is -0.0341. The van der Waals surface area contributed by atoms with Crippen LogP contribution in [0.5, 0.6) is 0 Å². The van der Waals surface area contributed by atoms with E-state index in [1.807, 2.05) is 78.9 Å². The Balaban J connectivity index is 1.74. The summed E-state index contributed by atoms with van der Waals surface area (Å²) in [4.78, 5) is 13.4. The standard InChI is InChI=1S/C29H28N2O/c30-21-20-23-16-18-27(19-17-23)31-28(32)22-29(24-10-4-1-5-11-24,25-12-6-2-7-13-25)26-14-8-3-9-15-26/h1-19H,20-22,30H2,(H,31,32). The first-order valence-electron chi connectivity index (χ1n) is 11.0. The van der Waals surface area contributed by atoms with Crippen LogP contribution in [-0.2, 0) is 16.6 Å². The maximum atomic E-state index is 13.4. The predicted molar refractivity (Wildman–Crippen MR) is 132 cm³/mol. The van der Waals surface area contributed by atoms with Crippen LogP contribution in [0.4, 0.5) is 5.69 Å². The van der Waals surface area contributed by atoms with E-state index >= 15 is 0 Å². The summed E-state index contributed by atoms with van der Waals surface area (Å²) in [6.07, 6.45) is 1.11. The lowest BCUT2D eigenvalue weighted by atomic mass is 9.67. The quantitative estimate of drug-likeness (QED) is 0.367. The first-order valence-corrected chi connectivity index (χ1v) is 11.0. The zero-order chi connectivity index (χ0) is 22.2. The fourth-order valence-corrected chi connectivity index (χ4v) is 4.34. The Hall–Kier alpha value is -3.69. The van der Waals surface area contributed by atoms with Crippen molar-refractivity contribution in [1.29, 1.82) is 0 Å². The van der Waals surface area contributed by atoms with Gasteiger partial charge in [-0.1, -0.05) is 103 Å². The maximum Gasteiger partial charge on any atom is 0.225 e. The lowest BCUT2D eigenvalue weighted by Gasteiger charge is -2.35. The number of nitrogens with one attached hydrogen (secondary N) is 1. The van der Waals surface area contributed by atoms with Gasteiger partial charge in [-0.2, -0.15) is 0 Å². The molecule has 4 aromatic carbocycles. The van der Waals surface area contributed by atoms with Crippen LogP contribution in [0.1, 0.15) is 28.7 Å². The summed E-state index contributed by atoms with van der Waals surface area (Å²) >= 11 is 0. The highest BCUT2D eigenvalue weighted by molar-refractivity contribution is 5.92. The number of anilines is 1. The molecule has 160 valence electrons. The molecule has 0 unspecified atom stereocenters. The van der Waals surface area contributed by atoms with Crippen molar-refractivity contribution in [3.05, 3.63) is 138 Å². The minimum atomic E-state index is -0.604. The molecule has 0 fully saturated rings. The van der Waals surface area contributed by atoms with Gasteiger partial charge in [0.2, 0.25) is 5.91 Å². The molecule has 3 heteroatoms. The first-order chi connectivity index (χ1) is 15.7. The van der Waals surface area contributed by atoms with Gasteiger partial charge in [-0.15, -0.1) is 0 Å². The van der Waals surface area contributed by atoms with Crippen molar-refractivity contribution < 1.29 is 4.79 Å². The summed E-state index contributed by atoms with van der Waals surface area (Å²) in [6.45, 7) is 0.611. The molecular formula is C29H28N2O. The number of hydrogen-bond donors (Lipinski definition) is 2. The number of hydrogen-bond acceptors (Lipinski definition) is 2. The zero-order valence-corrected chi connectivity index (χ0v) is 18.1. The van der Waals surface area contributed by atoms with Crippen molar-refractivity contribution >= 4 is 11.6 Å². The highest BCUT2D eigenvalue weighted by Crippen LogP contribution is 2.42. The van der Waals surface area contributed by atoms with Gasteiger partial charge in [-0.05, 0) is 47.4 Å². The van der Waals surface area contributed by atoms with Gasteiger partial charge in [0, 0.05) is 12.1 Å². The zero-order valence-electron chi connectivity index (χ0n) is 18.1. The smallest absolute Gasteiger partial charge is 0.225 e. The summed E-state index contributed by atoms with van der Waals surface area (Å²) < 4.78 is 0. The molecule has 4 aromatic rings. The molecule has 0 aromatic heterocycles. The molecule has 0 saturated heterocycles. The van der Waals surface area contributed by atoms with E-state index in [0.717, 1.165) is 34.4 Å². The third-order valence-electron chi connectivity index (χ3n) is 5.90. The van der Waals surface area contributed by atoms with Crippen molar-refractivity contribution in [3.8, 4) is 0 Å². The highest BCUT2D eigenvalue weighted by atomic mass is 16.1. The Morgan fingerprint density at radius 3 is 1.50 bits per heavy atom. The van der Waals surface area contributed by atoms with E-state index in [4.69, 9.17) is 5.73 Å². The van der Waals surface area contributed by atoms with Crippen LogP contribution in [0, 0.1) is 0 Å². The van der Waals surface area contributed by atoms with Gasteiger partial charge in [0.25, 0.3) is 0 Å². The summed E-state index contributed by atoms with van der Waals surface area (Å²) in [7, 11) is 0. The van der Waals surface area contributed by atoms with E-state index in [2.05, 4.69) is 41.7 Å². The molecule has 0 aliphatic heterocycles. The lowest BCUT2D eigenvalue weighted by molar-refractivity contribution is -0.116. The Labute approximate surface area is 189 Å². The molecule has 0 aliphatic carbocycles.